The largest absolute Gasteiger partial charge is 0.115 e. The third kappa shape index (κ3) is 3.13. The summed E-state index contributed by atoms with van der Waals surface area (Å²) in [7, 11) is 0. The normalized spacial score (nSPS) is 10.0. The van der Waals surface area contributed by atoms with Crippen LogP contribution in [0.3, 0.4) is 0 Å². The lowest BCUT2D eigenvalue weighted by molar-refractivity contribution is 0.717. The Labute approximate surface area is 93.7 Å². The highest BCUT2D eigenvalue weighted by molar-refractivity contribution is 5.47. The highest BCUT2D eigenvalue weighted by atomic mass is 14.1. The summed E-state index contributed by atoms with van der Waals surface area (Å²) in [6, 6.07) is 4.47. The Balaban J connectivity index is 2.81. The summed E-state index contributed by atoms with van der Waals surface area (Å²) in [6.07, 6.45) is 10.5. The number of hydrogen-bond acceptors (Lipinski definition) is 0. The second-order valence-electron chi connectivity index (χ2n) is 4.21. The molecular formula is C15H20. The fraction of sp³-hybridized carbons (Fsp3) is 0.467. The van der Waals surface area contributed by atoms with Crippen molar-refractivity contribution in [2.45, 2.75) is 46.5 Å². The van der Waals surface area contributed by atoms with E-state index in [1.807, 2.05) is 0 Å². The molecule has 1 rings (SSSR count). The average Bonchev–Trinajstić information content (AvgIpc) is 2.18. The van der Waals surface area contributed by atoms with Gasteiger partial charge in [-0.2, -0.15) is 0 Å². The Bertz CT molecular complexity index is 343. The molecule has 0 fully saturated rings. The molecule has 0 saturated carbocycles. The van der Waals surface area contributed by atoms with E-state index >= 15 is 0 Å². The lowest BCUT2D eigenvalue weighted by Gasteiger charge is -2.08. The molecule has 1 aromatic rings. The van der Waals surface area contributed by atoms with Gasteiger partial charge in [-0.05, 0) is 43.4 Å². The summed E-state index contributed by atoms with van der Waals surface area (Å²) in [5.41, 5.74) is 4.97. The SMILES string of the molecule is C#Cc1c(C)cc(CCCCC)cc1C. The number of benzene rings is 1. The van der Waals surface area contributed by atoms with E-state index in [-0.39, 0.29) is 0 Å². The van der Waals surface area contributed by atoms with E-state index in [9.17, 15) is 0 Å². The van der Waals surface area contributed by atoms with Crippen molar-refractivity contribution in [1.82, 2.24) is 0 Å². The lowest BCUT2D eigenvalue weighted by Crippen LogP contribution is -1.93. The highest BCUT2D eigenvalue weighted by Gasteiger charge is 2.02. The molecule has 0 unspecified atom stereocenters. The van der Waals surface area contributed by atoms with E-state index < -0.39 is 0 Å². The standard InChI is InChI=1S/C15H20/c1-5-7-8-9-14-10-12(3)15(6-2)13(4)11-14/h2,10-11H,5,7-9H2,1,3-4H3. The third-order valence-corrected chi connectivity index (χ3v) is 2.81. The lowest BCUT2D eigenvalue weighted by atomic mass is 9.97. The summed E-state index contributed by atoms with van der Waals surface area (Å²) in [5, 5.41) is 0. The molecule has 0 atom stereocenters. The van der Waals surface area contributed by atoms with E-state index in [1.54, 1.807) is 0 Å². The van der Waals surface area contributed by atoms with Gasteiger partial charge in [0, 0.05) is 5.56 Å². The van der Waals surface area contributed by atoms with Gasteiger partial charge in [0.1, 0.15) is 0 Å². The minimum absolute atomic E-state index is 1.06. The monoisotopic (exact) mass is 200 g/mol. The predicted molar refractivity (Wildman–Crippen MR) is 67.1 cm³/mol. The second-order valence-corrected chi connectivity index (χ2v) is 4.21. The molecule has 0 aliphatic rings. The van der Waals surface area contributed by atoms with Crippen LogP contribution in [-0.4, -0.2) is 0 Å². The van der Waals surface area contributed by atoms with Gasteiger partial charge in [0.15, 0.2) is 0 Å². The third-order valence-electron chi connectivity index (χ3n) is 2.81. The molecule has 0 radical (unpaired) electrons. The predicted octanol–water partition coefficient (Wildman–Crippen LogP) is 4.02. The van der Waals surface area contributed by atoms with E-state index in [1.165, 1.54) is 42.4 Å². The first-order valence-electron chi connectivity index (χ1n) is 5.75. The van der Waals surface area contributed by atoms with Gasteiger partial charge < -0.3 is 0 Å². The van der Waals surface area contributed by atoms with Gasteiger partial charge in [0.2, 0.25) is 0 Å². The Kier molecular flexibility index (Phi) is 4.43. The first kappa shape index (κ1) is 11.9. The molecule has 0 bridgehead atoms. The molecule has 0 spiro atoms. The van der Waals surface area contributed by atoms with E-state index in [2.05, 4.69) is 38.8 Å². The van der Waals surface area contributed by atoms with Crippen LogP contribution in [0.1, 0.15) is 48.4 Å². The molecule has 0 aliphatic heterocycles. The van der Waals surface area contributed by atoms with Crippen molar-refractivity contribution in [1.29, 1.82) is 0 Å². The van der Waals surface area contributed by atoms with Gasteiger partial charge in [0.05, 0.1) is 0 Å². The summed E-state index contributed by atoms with van der Waals surface area (Å²) < 4.78 is 0. The molecule has 0 saturated heterocycles. The van der Waals surface area contributed by atoms with Gasteiger partial charge in [-0.15, -0.1) is 6.42 Å². The maximum atomic E-state index is 5.47. The number of unbranched alkanes of at least 4 members (excludes halogenated alkanes) is 2. The molecule has 0 nitrogen and oxygen atoms in total. The topological polar surface area (TPSA) is 0 Å². The van der Waals surface area contributed by atoms with Crippen molar-refractivity contribution in [3.8, 4) is 12.3 Å². The van der Waals surface area contributed by atoms with Crippen molar-refractivity contribution in [2.75, 3.05) is 0 Å². The van der Waals surface area contributed by atoms with E-state index in [0.29, 0.717) is 0 Å². The van der Waals surface area contributed by atoms with Crippen LogP contribution in [0.5, 0.6) is 0 Å². The van der Waals surface area contributed by atoms with Gasteiger partial charge in [-0.25, -0.2) is 0 Å². The maximum Gasteiger partial charge on any atom is 0.0301 e. The van der Waals surface area contributed by atoms with Crippen LogP contribution >= 0.6 is 0 Å². The molecule has 15 heavy (non-hydrogen) atoms. The first-order chi connectivity index (χ1) is 7.19. The van der Waals surface area contributed by atoms with Crippen LogP contribution in [0.2, 0.25) is 0 Å². The first-order valence-corrected chi connectivity index (χ1v) is 5.75. The Morgan fingerprint density at radius 2 is 1.73 bits per heavy atom. The summed E-state index contributed by atoms with van der Waals surface area (Å²) in [4.78, 5) is 0. The minimum atomic E-state index is 1.06. The second kappa shape index (κ2) is 5.61. The molecule has 1 aromatic carbocycles. The Morgan fingerprint density at radius 1 is 1.13 bits per heavy atom. The van der Waals surface area contributed by atoms with Crippen molar-refractivity contribution in [3.63, 3.8) is 0 Å². The molecule has 0 heteroatoms. The zero-order valence-corrected chi connectivity index (χ0v) is 10.1. The van der Waals surface area contributed by atoms with Crippen LogP contribution in [-0.2, 0) is 6.42 Å². The van der Waals surface area contributed by atoms with Crippen LogP contribution in [0.25, 0.3) is 0 Å². The van der Waals surface area contributed by atoms with Crippen molar-refractivity contribution in [3.05, 3.63) is 34.4 Å². The summed E-state index contributed by atoms with van der Waals surface area (Å²) in [5.74, 6) is 2.76. The van der Waals surface area contributed by atoms with Crippen LogP contribution < -0.4 is 0 Å². The number of hydrogen-bond donors (Lipinski definition) is 0. The molecule has 80 valence electrons. The van der Waals surface area contributed by atoms with Crippen LogP contribution in [0.15, 0.2) is 12.1 Å². The zero-order valence-electron chi connectivity index (χ0n) is 10.1. The fourth-order valence-corrected chi connectivity index (χ4v) is 2.00. The molecular weight excluding hydrogens is 180 g/mol. The molecule has 0 heterocycles. The zero-order chi connectivity index (χ0) is 11.3. The summed E-state index contributed by atoms with van der Waals surface area (Å²) in [6.45, 7) is 6.44. The van der Waals surface area contributed by atoms with Crippen molar-refractivity contribution < 1.29 is 0 Å². The fourth-order valence-electron chi connectivity index (χ4n) is 2.00. The number of aryl methyl sites for hydroxylation is 3. The maximum absolute atomic E-state index is 5.47. The average molecular weight is 200 g/mol. The Morgan fingerprint density at radius 3 is 2.20 bits per heavy atom. The molecule has 0 aliphatic carbocycles. The smallest absolute Gasteiger partial charge is 0.0301 e. The van der Waals surface area contributed by atoms with Gasteiger partial charge in [-0.3, -0.25) is 0 Å². The quantitative estimate of drug-likeness (QED) is 0.508. The summed E-state index contributed by atoms with van der Waals surface area (Å²) >= 11 is 0. The number of terminal acetylenes is 1. The minimum Gasteiger partial charge on any atom is -0.115 e. The molecule has 0 N–H and O–H groups in total. The van der Waals surface area contributed by atoms with Crippen molar-refractivity contribution in [2.24, 2.45) is 0 Å². The van der Waals surface area contributed by atoms with E-state index in [4.69, 9.17) is 6.42 Å². The van der Waals surface area contributed by atoms with Gasteiger partial charge >= 0.3 is 0 Å². The van der Waals surface area contributed by atoms with Crippen molar-refractivity contribution >= 4 is 0 Å². The molecule has 0 amide bonds. The molecule has 0 aromatic heterocycles. The Hall–Kier alpha value is -1.22. The van der Waals surface area contributed by atoms with E-state index in [0.717, 1.165) is 5.56 Å². The van der Waals surface area contributed by atoms with Gasteiger partial charge in [0.25, 0.3) is 0 Å². The number of rotatable bonds is 4. The highest BCUT2D eigenvalue weighted by Crippen LogP contribution is 2.17. The van der Waals surface area contributed by atoms with Crippen LogP contribution in [0.4, 0.5) is 0 Å². The van der Waals surface area contributed by atoms with Gasteiger partial charge in [-0.1, -0.05) is 37.8 Å². The van der Waals surface area contributed by atoms with Crippen LogP contribution in [0, 0.1) is 26.2 Å².